The number of carbonyl (C=O) groups excluding carboxylic acids is 2. The van der Waals surface area contributed by atoms with Crippen LogP contribution in [0.4, 0.5) is 22.8 Å². The molecule has 162 valence electrons. The van der Waals surface area contributed by atoms with Crippen molar-refractivity contribution in [3.8, 4) is 0 Å². The summed E-state index contributed by atoms with van der Waals surface area (Å²) in [4.78, 5) is 24.1. The first-order valence-corrected chi connectivity index (χ1v) is 9.26. The van der Waals surface area contributed by atoms with Crippen LogP contribution in [0.25, 0.3) is 0 Å². The first-order valence-electron chi connectivity index (χ1n) is 9.26. The molecule has 2 rings (SSSR count). The van der Waals surface area contributed by atoms with E-state index < -0.39 is 40.6 Å². The van der Waals surface area contributed by atoms with Gasteiger partial charge in [0.1, 0.15) is 12.2 Å². The van der Waals surface area contributed by atoms with Crippen molar-refractivity contribution in [2.24, 2.45) is 0 Å². The van der Waals surface area contributed by atoms with Crippen molar-refractivity contribution in [1.82, 2.24) is 10.6 Å². The fourth-order valence-corrected chi connectivity index (χ4v) is 2.70. The standard InChI is InChI=1S/C20H27F3N2O4/c1-17(2,3)29-16(27)24-18(4,5)12-28-15(26)25-19(9-10-19)13-7-6-8-14(11-13)20(21,22)23/h6-8,11H,9-10,12H2,1-5H3,(H,24,27)(H,25,26). The molecular weight excluding hydrogens is 389 g/mol. The Morgan fingerprint density at radius 3 is 2.21 bits per heavy atom. The number of benzene rings is 1. The number of carbonyl (C=O) groups is 2. The van der Waals surface area contributed by atoms with Crippen molar-refractivity contribution in [1.29, 1.82) is 0 Å². The first-order chi connectivity index (χ1) is 13.1. The number of ether oxygens (including phenoxy) is 2. The second-order valence-corrected chi connectivity index (χ2v) is 8.87. The summed E-state index contributed by atoms with van der Waals surface area (Å²) in [5.41, 5.74) is -2.80. The average Bonchev–Trinajstić information content (AvgIpc) is 3.31. The van der Waals surface area contributed by atoms with E-state index in [1.165, 1.54) is 6.07 Å². The maximum atomic E-state index is 12.9. The number of alkyl carbamates (subject to hydrolysis) is 2. The van der Waals surface area contributed by atoms with E-state index in [-0.39, 0.29) is 6.61 Å². The molecule has 1 aromatic rings. The van der Waals surface area contributed by atoms with Crippen molar-refractivity contribution in [3.63, 3.8) is 0 Å². The second kappa shape index (κ2) is 7.76. The highest BCUT2D eigenvalue weighted by molar-refractivity contribution is 5.70. The van der Waals surface area contributed by atoms with Crippen molar-refractivity contribution in [3.05, 3.63) is 35.4 Å². The van der Waals surface area contributed by atoms with Gasteiger partial charge in [-0.2, -0.15) is 13.2 Å². The predicted molar refractivity (Wildman–Crippen MR) is 100 cm³/mol. The molecule has 2 N–H and O–H groups in total. The monoisotopic (exact) mass is 416 g/mol. The van der Waals surface area contributed by atoms with E-state index in [0.29, 0.717) is 18.4 Å². The van der Waals surface area contributed by atoms with Crippen LogP contribution in [0.15, 0.2) is 24.3 Å². The molecule has 0 spiro atoms. The van der Waals surface area contributed by atoms with Gasteiger partial charge in [0.05, 0.1) is 16.6 Å². The average molecular weight is 416 g/mol. The van der Waals surface area contributed by atoms with Crippen LogP contribution in [0, 0.1) is 0 Å². The second-order valence-electron chi connectivity index (χ2n) is 8.87. The van der Waals surface area contributed by atoms with Gasteiger partial charge < -0.3 is 20.1 Å². The molecule has 0 radical (unpaired) electrons. The van der Waals surface area contributed by atoms with Gasteiger partial charge in [-0.15, -0.1) is 0 Å². The van der Waals surface area contributed by atoms with Crippen LogP contribution in [0.5, 0.6) is 0 Å². The summed E-state index contributed by atoms with van der Waals surface area (Å²) in [6.45, 7) is 8.36. The Kier molecular flexibility index (Phi) is 6.11. The fraction of sp³-hybridized carbons (Fsp3) is 0.600. The summed E-state index contributed by atoms with van der Waals surface area (Å²) < 4.78 is 49.2. The summed E-state index contributed by atoms with van der Waals surface area (Å²) in [7, 11) is 0. The summed E-state index contributed by atoms with van der Waals surface area (Å²) in [6, 6.07) is 4.90. The van der Waals surface area contributed by atoms with Crippen molar-refractivity contribution in [2.75, 3.05) is 6.61 Å². The number of hydrogen-bond acceptors (Lipinski definition) is 4. The lowest BCUT2D eigenvalue weighted by atomic mass is 10.0. The molecule has 1 fully saturated rings. The highest BCUT2D eigenvalue weighted by Gasteiger charge is 2.47. The van der Waals surface area contributed by atoms with Crippen LogP contribution >= 0.6 is 0 Å². The number of alkyl halides is 3. The Labute approximate surface area is 168 Å². The summed E-state index contributed by atoms with van der Waals surface area (Å²) in [5.74, 6) is 0. The highest BCUT2D eigenvalue weighted by atomic mass is 19.4. The number of halogens is 3. The largest absolute Gasteiger partial charge is 0.447 e. The Morgan fingerprint density at radius 1 is 1.07 bits per heavy atom. The molecule has 1 aliphatic rings. The summed E-state index contributed by atoms with van der Waals surface area (Å²) >= 11 is 0. The Balaban J connectivity index is 1.93. The highest BCUT2D eigenvalue weighted by Crippen LogP contribution is 2.46. The molecule has 0 heterocycles. The predicted octanol–water partition coefficient (Wildman–Crippen LogP) is 4.72. The van der Waals surface area contributed by atoms with E-state index in [0.717, 1.165) is 12.1 Å². The van der Waals surface area contributed by atoms with Gasteiger partial charge in [-0.1, -0.05) is 12.1 Å². The Morgan fingerprint density at radius 2 is 1.69 bits per heavy atom. The summed E-state index contributed by atoms with van der Waals surface area (Å²) in [6.07, 6.45) is -4.83. The van der Waals surface area contributed by atoms with Gasteiger partial charge in [-0.3, -0.25) is 0 Å². The lowest BCUT2D eigenvalue weighted by Gasteiger charge is -2.28. The first kappa shape index (κ1) is 22.8. The van der Waals surface area contributed by atoms with E-state index in [9.17, 15) is 22.8 Å². The van der Waals surface area contributed by atoms with E-state index in [1.807, 2.05) is 0 Å². The maximum absolute atomic E-state index is 12.9. The number of nitrogens with one attached hydrogen (secondary N) is 2. The third-order valence-electron chi connectivity index (χ3n) is 4.24. The molecule has 1 saturated carbocycles. The topological polar surface area (TPSA) is 76.7 Å². The van der Waals surface area contributed by atoms with Gasteiger partial charge >= 0.3 is 18.4 Å². The fourth-order valence-electron chi connectivity index (χ4n) is 2.70. The minimum absolute atomic E-state index is 0.142. The Hall–Kier alpha value is -2.45. The van der Waals surface area contributed by atoms with Gasteiger partial charge in [0.25, 0.3) is 0 Å². The van der Waals surface area contributed by atoms with Gasteiger partial charge in [0.15, 0.2) is 0 Å². The van der Waals surface area contributed by atoms with E-state index in [2.05, 4.69) is 10.6 Å². The third kappa shape index (κ3) is 6.83. The minimum atomic E-state index is -4.45. The summed E-state index contributed by atoms with van der Waals surface area (Å²) in [5, 5.41) is 5.27. The number of amides is 2. The molecule has 0 bridgehead atoms. The van der Waals surface area contributed by atoms with E-state index >= 15 is 0 Å². The maximum Gasteiger partial charge on any atom is 0.416 e. The number of rotatable bonds is 5. The van der Waals surface area contributed by atoms with Crippen LogP contribution in [-0.2, 0) is 21.2 Å². The van der Waals surface area contributed by atoms with Crippen molar-refractivity contribution >= 4 is 12.2 Å². The van der Waals surface area contributed by atoms with Crippen molar-refractivity contribution < 1.29 is 32.2 Å². The zero-order valence-electron chi connectivity index (χ0n) is 17.2. The van der Waals surface area contributed by atoms with Crippen LogP contribution in [-0.4, -0.2) is 29.9 Å². The molecule has 0 aromatic heterocycles. The normalized spacial score (nSPS) is 16.0. The van der Waals surface area contributed by atoms with Crippen LogP contribution in [0.3, 0.4) is 0 Å². The molecule has 2 amide bonds. The molecule has 9 heteroatoms. The third-order valence-corrected chi connectivity index (χ3v) is 4.24. The van der Waals surface area contributed by atoms with Gasteiger partial charge in [-0.25, -0.2) is 9.59 Å². The zero-order valence-corrected chi connectivity index (χ0v) is 17.2. The molecule has 1 aliphatic carbocycles. The van der Waals surface area contributed by atoms with Crippen LogP contribution in [0.2, 0.25) is 0 Å². The molecular formula is C20H27F3N2O4. The molecule has 0 atom stereocenters. The number of hydrogen-bond donors (Lipinski definition) is 2. The lowest BCUT2D eigenvalue weighted by Crippen LogP contribution is -2.50. The quantitative estimate of drug-likeness (QED) is 0.728. The smallest absolute Gasteiger partial charge is 0.416 e. The lowest BCUT2D eigenvalue weighted by molar-refractivity contribution is -0.137. The van der Waals surface area contributed by atoms with Crippen LogP contribution in [0.1, 0.15) is 58.6 Å². The van der Waals surface area contributed by atoms with Gasteiger partial charge in [-0.05, 0) is 65.2 Å². The SMILES string of the molecule is CC(C)(COC(=O)NC1(c2cccc(C(F)(F)F)c2)CC1)NC(=O)OC(C)(C)C. The zero-order chi connectivity index (χ0) is 22.1. The van der Waals surface area contributed by atoms with Gasteiger partial charge in [0, 0.05) is 0 Å². The molecule has 0 unspecified atom stereocenters. The van der Waals surface area contributed by atoms with Crippen LogP contribution < -0.4 is 10.6 Å². The Bertz CT molecular complexity index is 766. The van der Waals surface area contributed by atoms with Gasteiger partial charge in [0.2, 0.25) is 0 Å². The molecule has 29 heavy (non-hydrogen) atoms. The molecule has 6 nitrogen and oxygen atoms in total. The van der Waals surface area contributed by atoms with E-state index in [1.54, 1.807) is 40.7 Å². The minimum Gasteiger partial charge on any atom is -0.447 e. The molecule has 0 saturated heterocycles. The van der Waals surface area contributed by atoms with E-state index in [4.69, 9.17) is 9.47 Å². The molecule has 0 aliphatic heterocycles. The molecule has 1 aromatic carbocycles. The van der Waals surface area contributed by atoms with Crippen molar-refractivity contribution in [2.45, 2.75) is 70.3 Å².